The van der Waals surface area contributed by atoms with Gasteiger partial charge in [-0.25, -0.2) is 0 Å². The Morgan fingerprint density at radius 3 is 2.21 bits per heavy atom. The number of fused-ring (bicyclic) bond motifs is 1. The van der Waals surface area contributed by atoms with Crippen molar-refractivity contribution in [3.63, 3.8) is 0 Å². The first-order valence-electron chi connectivity index (χ1n) is 8.61. The molecule has 0 bridgehead atoms. The number of halogens is 3. The summed E-state index contributed by atoms with van der Waals surface area (Å²) in [6, 6.07) is 19.2. The van der Waals surface area contributed by atoms with Crippen LogP contribution in [0.25, 0.3) is 27.7 Å². The molecule has 4 aromatic rings. The van der Waals surface area contributed by atoms with E-state index >= 15 is 0 Å². The second-order valence-electron chi connectivity index (χ2n) is 6.53. The number of aryl methyl sites for hydroxylation is 1. The van der Waals surface area contributed by atoms with Gasteiger partial charge in [0.15, 0.2) is 0 Å². The molecule has 0 aliphatic heterocycles. The minimum atomic E-state index is -4.50. The van der Waals surface area contributed by atoms with Crippen LogP contribution in [-0.4, -0.2) is 9.78 Å². The van der Waals surface area contributed by atoms with E-state index in [1.807, 2.05) is 31.2 Å². The van der Waals surface area contributed by atoms with Crippen LogP contribution in [-0.2, 0) is 6.18 Å². The molecule has 0 aliphatic carbocycles. The Kier molecular flexibility index (Phi) is 4.26. The van der Waals surface area contributed by atoms with E-state index in [0.29, 0.717) is 16.5 Å². The Labute approximate surface area is 158 Å². The molecule has 0 atom stereocenters. The van der Waals surface area contributed by atoms with Gasteiger partial charge in [-0.15, -0.1) is 0 Å². The van der Waals surface area contributed by atoms with E-state index in [-0.39, 0.29) is 5.69 Å². The van der Waals surface area contributed by atoms with Crippen molar-refractivity contribution in [2.45, 2.75) is 13.1 Å². The molecule has 0 unspecified atom stereocenters. The fourth-order valence-electron chi connectivity index (χ4n) is 3.10. The molecule has 3 nitrogen and oxygen atoms in total. The largest absolute Gasteiger partial charge is 0.416 e. The highest BCUT2D eigenvalue weighted by Crippen LogP contribution is 2.31. The molecule has 3 aromatic carbocycles. The van der Waals surface area contributed by atoms with Crippen molar-refractivity contribution in [1.29, 1.82) is 0 Å². The smallest absolute Gasteiger partial charge is 0.267 e. The molecule has 0 saturated heterocycles. The highest BCUT2D eigenvalue weighted by Gasteiger charge is 2.30. The van der Waals surface area contributed by atoms with Crippen LogP contribution in [0.3, 0.4) is 0 Å². The summed E-state index contributed by atoms with van der Waals surface area (Å²) in [5.41, 5.74) is 1.16. The topological polar surface area (TPSA) is 34.9 Å². The summed E-state index contributed by atoms with van der Waals surface area (Å²) in [5, 5.41) is 5.48. The fraction of sp³-hybridized carbons (Fsp3) is 0.0909. The summed E-state index contributed by atoms with van der Waals surface area (Å²) in [6.07, 6.45) is -4.50. The van der Waals surface area contributed by atoms with Crippen LogP contribution in [0.5, 0.6) is 0 Å². The average Bonchev–Trinajstić information content (AvgIpc) is 2.69. The van der Waals surface area contributed by atoms with Gasteiger partial charge in [-0.2, -0.15) is 23.0 Å². The monoisotopic (exact) mass is 380 g/mol. The number of nitrogens with zero attached hydrogens (tertiary/aromatic N) is 2. The second-order valence-corrected chi connectivity index (χ2v) is 6.53. The molecule has 0 N–H and O–H groups in total. The lowest BCUT2D eigenvalue weighted by atomic mass is 10.0. The van der Waals surface area contributed by atoms with Gasteiger partial charge in [0.1, 0.15) is 0 Å². The zero-order valence-electron chi connectivity index (χ0n) is 14.9. The molecule has 4 rings (SSSR count). The normalized spacial score (nSPS) is 11.7. The summed E-state index contributed by atoms with van der Waals surface area (Å²) in [4.78, 5) is 12.9. The van der Waals surface area contributed by atoms with Crippen LogP contribution < -0.4 is 5.56 Å². The summed E-state index contributed by atoms with van der Waals surface area (Å²) in [7, 11) is 0. The lowest BCUT2D eigenvalue weighted by Gasteiger charge is -2.13. The first-order chi connectivity index (χ1) is 13.3. The molecule has 0 fully saturated rings. The van der Waals surface area contributed by atoms with Crippen molar-refractivity contribution < 1.29 is 13.2 Å². The van der Waals surface area contributed by atoms with Crippen LogP contribution in [0.2, 0.25) is 0 Å². The number of hydrogen-bond donors (Lipinski definition) is 0. The predicted molar refractivity (Wildman–Crippen MR) is 103 cm³/mol. The van der Waals surface area contributed by atoms with Gasteiger partial charge in [-0.05, 0) is 31.2 Å². The molecule has 0 aliphatic rings. The number of hydrogen-bond acceptors (Lipinski definition) is 2. The van der Waals surface area contributed by atoms with Crippen LogP contribution in [0, 0.1) is 6.92 Å². The maximum Gasteiger partial charge on any atom is 0.416 e. The van der Waals surface area contributed by atoms with Crippen LogP contribution in [0.15, 0.2) is 77.6 Å². The average molecular weight is 380 g/mol. The van der Waals surface area contributed by atoms with Gasteiger partial charge in [0.05, 0.1) is 22.3 Å². The molecular weight excluding hydrogens is 365 g/mol. The molecule has 0 saturated carbocycles. The Hall–Kier alpha value is -3.41. The summed E-state index contributed by atoms with van der Waals surface area (Å²) in [6.45, 7) is 1.96. The van der Waals surface area contributed by atoms with Crippen molar-refractivity contribution >= 4 is 10.8 Å². The minimum absolute atomic E-state index is 0.0685. The van der Waals surface area contributed by atoms with Gasteiger partial charge in [0.2, 0.25) is 0 Å². The highest BCUT2D eigenvalue weighted by molar-refractivity contribution is 5.93. The van der Waals surface area contributed by atoms with Gasteiger partial charge in [0.25, 0.3) is 5.56 Å². The lowest BCUT2D eigenvalue weighted by molar-refractivity contribution is -0.137. The molecular formula is C22H15F3N2O. The minimum Gasteiger partial charge on any atom is -0.267 e. The molecule has 28 heavy (non-hydrogen) atoms. The molecule has 1 heterocycles. The highest BCUT2D eigenvalue weighted by atomic mass is 19.4. The van der Waals surface area contributed by atoms with Crippen molar-refractivity contribution in [2.24, 2.45) is 0 Å². The van der Waals surface area contributed by atoms with Gasteiger partial charge < -0.3 is 0 Å². The molecule has 6 heteroatoms. The third-order valence-electron chi connectivity index (χ3n) is 4.55. The number of aromatic nitrogens is 2. The van der Waals surface area contributed by atoms with Gasteiger partial charge in [-0.1, -0.05) is 54.1 Å². The Morgan fingerprint density at radius 2 is 1.54 bits per heavy atom. The molecule has 0 spiro atoms. The third kappa shape index (κ3) is 3.17. The van der Waals surface area contributed by atoms with E-state index in [4.69, 9.17) is 0 Å². The van der Waals surface area contributed by atoms with E-state index in [1.54, 1.807) is 24.3 Å². The zero-order chi connectivity index (χ0) is 19.9. The summed E-state index contributed by atoms with van der Waals surface area (Å²) < 4.78 is 40.4. The second kappa shape index (κ2) is 6.64. The quantitative estimate of drug-likeness (QED) is 0.468. The van der Waals surface area contributed by atoms with Crippen molar-refractivity contribution in [3.8, 4) is 16.9 Å². The van der Waals surface area contributed by atoms with E-state index in [1.165, 1.54) is 12.1 Å². The zero-order valence-corrected chi connectivity index (χ0v) is 14.9. The van der Waals surface area contributed by atoms with Gasteiger partial charge in [0, 0.05) is 10.9 Å². The Balaban J connectivity index is 2.02. The summed E-state index contributed by atoms with van der Waals surface area (Å²) >= 11 is 0. The molecule has 0 amide bonds. The first kappa shape index (κ1) is 18.0. The van der Waals surface area contributed by atoms with Gasteiger partial charge in [-0.3, -0.25) is 4.79 Å². The van der Waals surface area contributed by atoms with E-state index in [0.717, 1.165) is 27.9 Å². The Bertz CT molecular complexity index is 1230. The number of benzene rings is 3. The van der Waals surface area contributed by atoms with Gasteiger partial charge >= 0.3 is 6.18 Å². The SMILES string of the molecule is Cc1ccc(-c2nn(-c3cccc(C(F)(F)F)c3)c(=O)c3ccccc23)cc1. The fourth-order valence-corrected chi connectivity index (χ4v) is 3.10. The van der Waals surface area contributed by atoms with Crippen LogP contribution in [0.4, 0.5) is 13.2 Å². The molecule has 1 aromatic heterocycles. The third-order valence-corrected chi connectivity index (χ3v) is 4.55. The molecule has 0 radical (unpaired) electrons. The van der Waals surface area contributed by atoms with E-state index in [9.17, 15) is 18.0 Å². The number of rotatable bonds is 2. The maximum absolute atomic E-state index is 13.1. The van der Waals surface area contributed by atoms with E-state index < -0.39 is 17.3 Å². The lowest BCUT2D eigenvalue weighted by Crippen LogP contribution is -2.22. The summed E-state index contributed by atoms with van der Waals surface area (Å²) in [5.74, 6) is 0. The molecule has 140 valence electrons. The van der Waals surface area contributed by atoms with Crippen molar-refractivity contribution in [1.82, 2.24) is 9.78 Å². The van der Waals surface area contributed by atoms with Crippen LogP contribution >= 0.6 is 0 Å². The first-order valence-corrected chi connectivity index (χ1v) is 8.61. The number of alkyl halides is 3. The standard InChI is InChI=1S/C22H15F3N2O/c1-14-9-11-15(12-10-14)20-18-7-2-3-8-19(18)21(28)27(26-20)17-6-4-5-16(13-17)22(23,24)25/h2-13H,1H3. The van der Waals surface area contributed by atoms with Crippen molar-refractivity contribution in [3.05, 3.63) is 94.3 Å². The Morgan fingerprint density at radius 1 is 0.857 bits per heavy atom. The maximum atomic E-state index is 13.1. The van der Waals surface area contributed by atoms with E-state index in [2.05, 4.69) is 5.10 Å². The predicted octanol–water partition coefficient (Wildman–Crippen LogP) is 5.38. The van der Waals surface area contributed by atoms with Crippen molar-refractivity contribution in [2.75, 3.05) is 0 Å². The van der Waals surface area contributed by atoms with Crippen LogP contribution in [0.1, 0.15) is 11.1 Å².